The van der Waals surface area contributed by atoms with E-state index < -0.39 is 16.1 Å². The molecule has 7 nitrogen and oxygen atoms in total. The van der Waals surface area contributed by atoms with Crippen molar-refractivity contribution in [2.75, 3.05) is 7.11 Å². The van der Waals surface area contributed by atoms with Gasteiger partial charge in [-0.3, -0.25) is 4.57 Å². The fourth-order valence-electron chi connectivity index (χ4n) is 2.45. The molecule has 2 aromatic rings. The molecule has 1 N–H and O–H groups in total. The molecule has 0 saturated heterocycles. The van der Waals surface area contributed by atoms with Crippen molar-refractivity contribution in [1.82, 2.24) is 19.5 Å². The van der Waals surface area contributed by atoms with Gasteiger partial charge in [-0.1, -0.05) is 31.1 Å². The molecular weight excluding hydrogens is 328 g/mol. The van der Waals surface area contributed by atoms with Crippen LogP contribution in [0.25, 0.3) is 0 Å². The first-order valence-electron chi connectivity index (χ1n) is 7.89. The second-order valence-electron chi connectivity index (χ2n) is 5.86. The Labute approximate surface area is 143 Å². The van der Waals surface area contributed by atoms with Crippen LogP contribution >= 0.6 is 0 Å². The highest BCUT2D eigenvalue weighted by Crippen LogP contribution is 2.21. The Morgan fingerprint density at radius 2 is 1.79 bits per heavy atom. The average molecular weight is 352 g/mol. The summed E-state index contributed by atoms with van der Waals surface area (Å²) in [4.78, 5) is 0.230. The highest BCUT2D eigenvalue weighted by molar-refractivity contribution is 7.89. The van der Waals surface area contributed by atoms with Crippen LogP contribution in [0.15, 0.2) is 29.2 Å². The molecule has 132 valence electrons. The molecule has 0 aliphatic heterocycles. The molecule has 0 radical (unpaired) electrons. The molecule has 2 rings (SSSR count). The van der Waals surface area contributed by atoms with Gasteiger partial charge in [0.1, 0.15) is 0 Å². The monoisotopic (exact) mass is 352 g/mol. The summed E-state index contributed by atoms with van der Waals surface area (Å²) < 4.78 is 34.7. The summed E-state index contributed by atoms with van der Waals surface area (Å²) >= 11 is 0. The molecule has 1 atom stereocenters. The molecule has 0 aliphatic carbocycles. The first kappa shape index (κ1) is 18.4. The fraction of sp³-hybridized carbons (Fsp3) is 0.500. The van der Waals surface area contributed by atoms with E-state index in [1.165, 1.54) is 7.11 Å². The van der Waals surface area contributed by atoms with Crippen molar-refractivity contribution in [2.24, 2.45) is 0 Å². The van der Waals surface area contributed by atoms with Gasteiger partial charge < -0.3 is 4.74 Å². The normalized spacial score (nSPS) is 13.2. The number of benzene rings is 1. The Morgan fingerprint density at radius 3 is 2.29 bits per heavy atom. The third kappa shape index (κ3) is 3.76. The first-order valence-corrected chi connectivity index (χ1v) is 9.37. The van der Waals surface area contributed by atoms with Gasteiger partial charge in [-0.25, -0.2) is 13.1 Å². The first-order chi connectivity index (χ1) is 11.3. The van der Waals surface area contributed by atoms with E-state index in [2.05, 4.69) is 28.8 Å². The Balaban J connectivity index is 2.23. The van der Waals surface area contributed by atoms with E-state index in [1.54, 1.807) is 23.6 Å². The van der Waals surface area contributed by atoms with Gasteiger partial charge in [-0.2, -0.15) is 0 Å². The van der Waals surface area contributed by atoms with Gasteiger partial charge in [-0.15, -0.1) is 5.10 Å². The number of nitrogens with one attached hydrogen (secondary N) is 1. The smallest absolute Gasteiger partial charge is 0.316 e. The summed E-state index contributed by atoms with van der Waals surface area (Å²) in [6.45, 7) is 8.36. The van der Waals surface area contributed by atoms with Crippen LogP contribution in [0.3, 0.4) is 0 Å². The molecule has 0 unspecified atom stereocenters. The third-order valence-electron chi connectivity index (χ3n) is 3.82. The van der Waals surface area contributed by atoms with Crippen molar-refractivity contribution in [3.05, 3.63) is 35.7 Å². The average Bonchev–Trinajstić information content (AvgIpc) is 2.97. The molecule has 24 heavy (non-hydrogen) atoms. The maximum atomic E-state index is 12.6. The second kappa shape index (κ2) is 7.31. The van der Waals surface area contributed by atoms with Gasteiger partial charge in [0.15, 0.2) is 5.82 Å². The number of rotatable bonds is 7. The molecule has 8 heteroatoms. The lowest BCUT2D eigenvalue weighted by Crippen LogP contribution is -2.29. The number of sulfonamides is 1. The summed E-state index contributed by atoms with van der Waals surface area (Å²) in [5.74, 6) is 0.862. The Morgan fingerprint density at radius 1 is 1.17 bits per heavy atom. The van der Waals surface area contributed by atoms with Crippen LogP contribution in [0.4, 0.5) is 0 Å². The number of hydrogen-bond donors (Lipinski definition) is 1. The number of aromatic nitrogens is 3. The predicted octanol–water partition coefficient (Wildman–Crippen LogP) is 2.47. The summed E-state index contributed by atoms with van der Waals surface area (Å²) in [5, 5.41) is 7.95. The van der Waals surface area contributed by atoms with Gasteiger partial charge in [0.2, 0.25) is 10.0 Å². The van der Waals surface area contributed by atoms with Crippen LogP contribution in [0, 0.1) is 0 Å². The van der Waals surface area contributed by atoms with Gasteiger partial charge in [0.05, 0.1) is 18.0 Å². The topological polar surface area (TPSA) is 86.1 Å². The quantitative estimate of drug-likeness (QED) is 0.827. The molecule has 1 aromatic carbocycles. The van der Waals surface area contributed by atoms with Gasteiger partial charge in [0.25, 0.3) is 0 Å². The minimum absolute atomic E-state index is 0.230. The van der Waals surface area contributed by atoms with E-state index >= 15 is 0 Å². The van der Waals surface area contributed by atoms with E-state index in [9.17, 15) is 8.42 Å². The van der Waals surface area contributed by atoms with Gasteiger partial charge in [0, 0.05) is 6.54 Å². The zero-order valence-electron chi connectivity index (χ0n) is 14.6. The highest BCUT2D eigenvalue weighted by Gasteiger charge is 2.23. The Kier molecular flexibility index (Phi) is 5.61. The SMILES string of the molecule is CCn1c(OC)nnc1[C@@H](C)NS(=O)(=O)c1ccc(C(C)C)cc1. The molecule has 1 aromatic heterocycles. The highest BCUT2D eigenvalue weighted by atomic mass is 32.2. The van der Waals surface area contributed by atoms with Gasteiger partial charge in [-0.05, 0) is 37.5 Å². The number of ether oxygens (including phenoxy) is 1. The summed E-state index contributed by atoms with van der Waals surface area (Å²) in [5.41, 5.74) is 1.09. The van der Waals surface area contributed by atoms with Crippen molar-refractivity contribution in [2.45, 2.75) is 51.1 Å². The maximum Gasteiger partial charge on any atom is 0.316 e. The molecule has 0 bridgehead atoms. The number of methoxy groups -OCH3 is 1. The van der Waals surface area contributed by atoms with E-state index in [-0.39, 0.29) is 4.90 Å². The van der Waals surface area contributed by atoms with Crippen LogP contribution in [-0.2, 0) is 16.6 Å². The largest absolute Gasteiger partial charge is 0.467 e. The van der Waals surface area contributed by atoms with Crippen LogP contribution < -0.4 is 9.46 Å². The lowest BCUT2D eigenvalue weighted by molar-refractivity contribution is 0.354. The van der Waals surface area contributed by atoms with Crippen molar-refractivity contribution >= 4 is 10.0 Å². The number of hydrogen-bond acceptors (Lipinski definition) is 5. The molecule has 0 saturated carbocycles. The van der Waals surface area contributed by atoms with E-state index in [1.807, 2.05) is 19.1 Å². The summed E-state index contributed by atoms with van der Waals surface area (Å²) in [7, 11) is -2.14. The van der Waals surface area contributed by atoms with E-state index in [0.29, 0.717) is 24.3 Å². The zero-order chi connectivity index (χ0) is 17.9. The van der Waals surface area contributed by atoms with Crippen LogP contribution in [0.2, 0.25) is 0 Å². The van der Waals surface area contributed by atoms with Crippen molar-refractivity contribution < 1.29 is 13.2 Å². The van der Waals surface area contributed by atoms with Crippen molar-refractivity contribution in [1.29, 1.82) is 0 Å². The molecule has 0 amide bonds. The molecule has 0 fully saturated rings. The van der Waals surface area contributed by atoms with E-state index in [4.69, 9.17) is 4.74 Å². The summed E-state index contributed by atoms with van der Waals surface area (Å²) in [6.07, 6.45) is 0. The standard InChI is InChI=1S/C16H24N4O3S/c1-6-20-15(17-18-16(20)23-5)12(4)19-24(21,22)14-9-7-13(8-10-14)11(2)3/h7-12,19H,6H2,1-5H3/t12-/m1/s1. The maximum absolute atomic E-state index is 12.6. The second-order valence-corrected chi connectivity index (χ2v) is 7.57. The van der Waals surface area contributed by atoms with Gasteiger partial charge >= 0.3 is 6.01 Å². The fourth-order valence-corrected chi connectivity index (χ4v) is 3.66. The zero-order valence-corrected chi connectivity index (χ0v) is 15.5. The minimum Gasteiger partial charge on any atom is -0.467 e. The van der Waals surface area contributed by atoms with Crippen molar-refractivity contribution in [3.63, 3.8) is 0 Å². The molecule has 0 spiro atoms. The molecular formula is C16H24N4O3S. The van der Waals surface area contributed by atoms with Crippen LogP contribution in [0.5, 0.6) is 6.01 Å². The Bertz CT molecular complexity index is 782. The van der Waals surface area contributed by atoms with E-state index in [0.717, 1.165) is 5.56 Å². The molecule has 1 heterocycles. The Hall–Kier alpha value is -1.93. The molecule has 0 aliphatic rings. The number of nitrogens with zero attached hydrogens (tertiary/aromatic N) is 3. The summed E-state index contributed by atoms with van der Waals surface area (Å²) in [6, 6.07) is 6.74. The minimum atomic E-state index is -3.64. The van der Waals surface area contributed by atoms with Crippen molar-refractivity contribution in [3.8, 4) is 6.01 Å². The third-order valence-corrected chi connectivity index (χ3v) is 5.38. The lowest BCUT2D eigenvalue weighted by atomic mass is 10.0. The predicted molar refractivity (Wildman–Crippen MR) is 91.5 cm³/mol. The lowest BCUT2D eigenvalue weighted by Gasteiger charge is -2.15. The van der Waals surface area contributed by atoms with Crippen LogP contribution in [-0.4, -0.2) is 30.3 Å². The van der Waals surface area contributed by atoms with Crippen LogP contribution in [0.1, 0.15) is 51.0 Å².